The summed E-state index contributed by atoms with van der Waals surface area (Å²) in [4.78, 5) is 26.0. The number of hydrogen-bond acceptors (Lipinski definition) is 6. The highest BCUT2D eigenvalue weighted by Gasteiger charge is 2.18. The molecule has 2 aromatic heterocycles. The number of aromatic nitrogens is 4. The van der Waals surface area contributed by atoms with Gasteiger partial charge in [0.1, 0.15) is 5.49 Å². The minimum atomic E-state index is -2.35. The number of rotatable bonds is 5. The van der Waals surface area contributed by atoms with E-state index < -0.39 is 12.1 Å². The first-order valence-corrected chi connectivity index (χ1v) is 12.0. The van der Waals surface area contributed by atoms with Gasteiger partial charge in [-0.1, -0.05) is 35.3 Å². The maximum Gasteiger partial charge on any atom is 0.333 e. The summed E-state index contributed by atoms with van der Waals surface area (Å²) in [5, 5.41) is 12.4. The molecule has 1 aliphatic heterocycles. The van der Waals surface area contributed by atoms with Gasteiger partial charge in [-0.05, 0) is 48.2 Å². The molecule has 3 N–H and O–H groups in total. The van der Waals surface area contributed by atoms with Gasteiger partial charge in [0.05, 0.1) is 27.7 Å². The van der Waals surface area contributed by atoms with E-state index in [2.05, 4.69) is 20.3 Å². The van der Waals surface area contributed by atoms with Gasteiger partial charge in [0, 0.05) is 25.0 Å². The van der Waals surface area contributed by atoms with Crippen LogP contribution in [0.15, 0.2) is 47.4 Å². The van der Waals surface area contributed by atoms with E-state index in [0.717, 1.165) is 21.4 Å². The minimum absolute atomic E-state index is 0.159. The van der Waals surface area contributed by atoms with Crippen molar-refractivity contribution in [3.05, 3.63) is 79.7 Å². The van der Waals surface area contributed by atoms with E-state index >= 15 is 0 Å². The number of nitrogens with zero attached hydrogens (tertiary/aromatic N) is 4. The van der Waals surface area contributed by atoms with E-state index in [1.54, 1.807) is 23.1 Å². The first kappa shape index (κ1) is 24.4. The van der Waals surface area contributed by atoms with Crippen LogP contribution in [-0.2, 0) is 12.8 Å². The largest absolute Gasteiger partial charge is 0.333 e. The van der Waals surface area contributed by atoms with Crippen LogP contribution in [0.4, 0.5) is 20.4 Å². The zero-order valence-electron chi connectivity index (χ0n) is 18.9. The van der Waals surface area contributed by atoms with Crippen molar-refractivity contribution in [1.82, 2.24) is 24.4 Å². The number of nitrogens with one attached hydrogen (secondary N) is 3. The van der Waals surface area contributed by atoms with E-state index in [1.165, 1.54) is 6.20 Å². The molecule has 5 rings (SSSR count). The Morgan fingerprint density at radius 3 is 2.56 bits per heavy atom. The number of H-pyrrole nitrogens is 1. The lowest BCUT2D eigenvalue weighted by molar-refractivity contribution is 0.0904. The quantitative estimate of drug-likeness (QED) is 0.356. The van der Waals surface area contributed by atoms with Crippen LogP contribution in [0.3, 0.4) is 0 Å². The van der Waals surface area contributed by atoms with Crippen molar-refractivity contribution in [2.75, 3.05) is 25.0 Å². The Bertz CT molecular complexity index is 1550. The third kappa shape index (κ3) is 4.84. The molecule has 0 saturated carbocycles. The Labute approximate surface area is 214 Å². The molecule has 8 nitrogen and oxygen atoms in total. The van der Waals surface area contributed by atoms with Gasteiger partial charge in [0.25, 0.3) is 6.43 Å². The van der Waals surface area contributed by atoms with Crippen LogP contribution in [0.25, 0.3) is 16.7 Å². The summed E-state index contributed by atoms with van der Waals surface area (Å²) in [6.07, 6.45) is 0.462. The van der Waals surface area contributed by atoms with E-state index in [4.69, 9.17) is 28.6 Å². The Kier molecular flexibility index (Phi) is 6.74. The van der Waals surface area contributed by atoms with Crippen molar-refractivity contribution in [3.63, 3.8) is 0 Å². The van der Waals surface area contributed by atoms with Crippen molar-refractivity contribution >= 4 is 45.9 Å². The summed E-state index contributed by atoms with van der Waals surface area (Å²) in [6.45, 7) is 0.944. The summed E-state index contributed by atoms with van der Waals surface area (Å²) in [6, 6.07) is 10.6. The van der Waals surface area contributed by atoms with Crippen molar-refractivity contribution in [2.45, 2.75) is 19.3 Å². The third-order valence-electron chi connectivity index (χ3n) is 6.11. The topological polar surface area (TPSA) is 103 Å². The Balaban J connectivity index is 1.43. The molecule has 2 aromatic carbocycles. The lowest BCUT2D eigenvalue weighted by Gasteiger charge is -2.18. The number of hydrogen-bond donors (Lipinski definition) is 3. The maximum atomic E-state index is 12.9. The van der Waals surface area contributed by atoms with E-state index in [-0.39, 0.29) is 39.4 Å². The summed E-state index contributed by atoms with van der Waals surface area (Å²) >= 11 is 12.5. The molecule has 3 heterocycles. The molecule has 0 bridgehead atoms. The summed E-state index contributed by atoms with van der Waals surface area (Å²) in [5.74, 6) is 0.235. The van der Waals surface area contributed by atoms with Gasteiger partial charge in [0.15, 0.2) is 5.65 Å². The third-order valence-corrected chi connectivity index (χ3v) is 6.72. The highest BCUT2D eigenvalue weighted by Crippen LogP contribution is 2.27. The Morgan fingerprint density at radius 2 is 1.83 bits per heavy atom. The number of aromatic amines is 1. The maximum absolute atomic E-state index is 12.9. The fourth-order valence-electron chi connectivity index (χ4n) is 4.36. The average molecular weight is 532 g/mol. The molecular weight excluding hydrogens is 511 g/mol. The summed E-state index contributed by atoms with van der Waals surface area (Å²) in [7, 11) is 0. The fourth-order valence-corrected chi connectivity index (χ4v) is 4.93. The Hall–Kier alpha value is -3.34. The van der Waals surface area contributed by atoms with Gasteiger partial charge in [-0.2, -0.15) is 4.98 Å². The molecule has 4 aromatic rings. The lowest BCUT2D eigenvalue weighted by Crippen LogP contribution is -2.34. The second kappa shape index (κ2) is 9.96. The van der Waals surface area contributed by atoms with Crippen LogP contribution in [0, 0.1) is 5.41 Å². The predicted octanol–water partition coefficient (Wildman–Crippen LogP) is 4.30. The van der Waals surface area contributed by atoms with Crippen molar-refractivity contribution in [2.24, 2.45) is 0 Å². The van der Waals surface area contributed by atoms with Gasteiger partial charge in [-0.25, -0.2) is 23.1 Å². The van der Waals surface area contributed by atoms with Crippen molar-refractivity contribution in [1.29, 1.82) is 5.41 Å². The van der Waals surface area contributed by atoms with E-state index in [1.807, 2.05) is 18.2 Å². The molecule has 0 fully saturated rings. The van der Waals surface area contributed by atoms with E-state index in [9.17, 15) is 13.6 Å². The van der Waals surface area contributed by atoms with Gasteiger partial charge in [0.2, 0.25) is 5.95 Å². The van der Waals surface area contributed by atoms with Crippen LogP contribution >= 0.6 is 23.2 Å². The number of benzene rings is 2. The predicted molar refractivity (Wildman–Crippen MR) is 135 cm³/mol. The monoisotopic (exact) mass is 531 g/mol. The van der Waals surface area contributed by atoms with Crippen LogP contribution in [0.5, 0.6) is 0 Å². The molecule has 12 heteroatoms. The molecule has 1 aliphatic rings. The molecule has 0 unspecified atom stereocenters. The second-order valence-electron chi connectivity index (χ2n) is 8.44. The van der Waals surface area contributed by atoms with Crippen LogP contribution in [0.1, 0.15) is 11.1 Å². The average Bonchev–Trinajstić information content (AvgIpc) is 3.02. The standard InChI is InChI=1S/C24H21Cl2F2N7O/c25-17-2-1-3-18(26)20(17)35-21(29)16-11-30-23(32-22(16)33-24(35)36)31-15-5-4-13-6-8-34(12-19(27)28)9-7-14(13)10-15/h1-5,10-11,19,29H,6-9,12H2,(H2,30,31,32,33,36). The molecule has 0 aliphatic carbocycles. The molecule has 0 amide bonds. The summed E-state index contributed by atoms with van der Waals surface area (Å²) < 4.78 is 26.6. The first-order valence-electron chi connectivity index (χ1n) is 11.2. The van der Waals surface area contributed by atoms with Gasteiger partial charge < -0.3 is 5.32 Å². The smallest absolute Gasteiger partial charge is 0.324 e. The molecule has 0 saturated heterocycles. The van der Waals surface area contributed by atoms with Gasteiger partial charge in [-0.3, -0.25) is 15.3 Å². The van der Waals surface area contributed by atoms with Gasteiger partial charge in [-0.15, -0.1) is 0 Å². The minimum Gasteiger partial charge on any atom is -0.324 e. The molecule has 36 heavy (non-hydrogen) atoms. The van der Waals surface area contributed by atoms with Crippen molar-refractivity contribution < 1.29 is 8.78 Å². The highest BCUT2D eigenvalue weighted by atomic mass is 35.5. The molecule has 0 atom stereocenters. The number of fused-ring (bicyclic) bond motifs is 2. The molecular formula is C24H21Cl2F2N7O. The zero-order valence-corrected chi connectivity index (χ0v) is 20.4. The van der Waals surface area contributed by atoms with Crippen LogP contribution < -0.4 is 16.5 Å². The first-order chi connectivity index (χ1) is 17.3. The molecule has 0 spiro atoms. The van der Waals surface area contributed by atoms with E-state index in [0.29, 0.717) is 31.3 Å². The van der Waals surface area contributed by atoms with Crippen molar-refractivity contribution in [3.8, 4) is 5.69 Å². The SMILES string of the molecule is N=c1c2cnc(Nc3ccc4c(c3)CCN(CC(F)F)CC4)nc2[nH]c(=O)n1-c1c(Cl)cccc1Cl. The fraction of sp³-hybridized carbons (Fsp3) is 0.250. The number of anilines is 2. The zero-order chi connectivity index (χ0) is 25.4. The number of para-hydroxylation sites is 1. The number of alkyl halides is 2. The molecule has 0 radical (unpaired) electrons. The summed E-state index contributed by atoms with van der Waals surface area (Å²) in [5.41, 5.74) is 2.55. The van der Waals surface area contributed by atoms with Crippen LogP contribution in [0.2, 0.25) is 10.0 Å². The van der Waals surface area contributed by atoms with Gasteiger partial charge >= 0.3 is 5.69 Å². The van der Waals surface area contributed by atoms with Crippen LogP contribution in [-0.4, -0.2) is 50.5 Å². The normalized spacial score (nSPS) is 14.1. The Morgan fingerprint density at radius 1 is 1.11 bits per heavy atom. The molecule has 186 valence electrons. The lowest BCUT2D eigenvalue weighted by atomic mass is 10.0. The number of halogens is 4. The highest BCUT2D eigenvalue weighted by molar-refractivity contribution is 6.37. The second-order valence-corrected chi connectivity index (χ2v) is 9.25.